The quantitative estimate of drug-likeness (QED) is 0.889. The number of benzene rings is 1. The molecule has 1 aromatic rings. The van der Waals surface area contributed by atoms with Gasteiger partial charge in [0.2, 0.25) is 0 Å². The Hall–Kier alpha value is -1.03. The summed E-state index contributed by atoms with van der Waals surface area (Å²) in [5.41, 5.74) is 0.340. The van der Waals surface area contributed by atoms with Crippen LogP contribution in [0.15, 0.2) is 22.7 Å². The Labute approximate surface area is 122 Å². The van der Waals surface area contributed by atoms with Crippen molar-refractivity contribution in [2.75, 3.05) is 6.54 Å². The first-order valence-corrected chi connectivity index (χ1v) is 7.62. The van der Waals surface area contributed by atoms with E-state index >= 15 is 0 Å². The molecule has 4 heteroatoms. The van der Waals surface area contributed by atoms with Crippen molar-refractivity contribution in [1.29, 1.82) is 0 Å². The molecule has 0 unspecified atom stereocenters. The van der Waals surface area contributed by atoms with E-state index < -0.39 is 0 Å². The maximum absolute atomic E-state index is 12.0. The summed E-state index contributed by atoms with van der Waals surface area (Å²) in [5, 5.41) is 12.7. The Bertz CT molecular complexity index is 453. The van der Waals surface area contributed by atoms with Gasteiger partial charge in [-0.3, -0.25) is 4.79 Å². The predicted molar refractivity (Wildman–Crippen MR) is 79.3 cm³/mol. The van der Waals surface area contributed by atoms with Gasteiger partial charge >= 0.3 is 0 Å². The average molecular weight is 326 g/mol. The molecule has 1 amide bonds. The number of hydrogen-bond donors (Lipinski definition) is 2. The van der Waals surface area contributed by atoms with E-state index in [1.807, 2.05) is 0 Å². The SMILES string of the molecule is CC1CCC(CNC(=O)c2ccc(Br)cc2O)CC1. The van der Waals surface area contributed by atoms with Crippen molar-refractivity contribution >= 4 is 21.8 Å². The molecule has 1 aliphatic carbocycles. The van der Waals surface area contributed by atoms with Crippen molar-refractivity contribution in [2.45, 2.75) is 32.6 Å². The second-order valence-corrected chi connectivity index (χ2v) is 6.41. The van der Waals surface area contributed by atoms with Crippen LogP contribution in [0.2, 0.25) is 0 Å². The van der Waals surface area contributed by atoms with Crippen LogP contribution in [0.1, 0.15) is 43.0 Å². The minimum absolute atomic E-state index is 0.0177. The molecule has 3 nitrogen and oxygen atoms in total. The molecule has 2 N–H and O–H groups in total. The van der Waals surface area contributed by atoms with Gasteiger partial charge in [0, 0.05) is 11.0 Å². The van der Waals surface area contributed by atoms with Gasteiger partial charge in [0.15, 0.2) is 0 Å². The topological polar surface area (TPSA) is 49.3 Å². The summed E-state index contributed by atoms with van der Waals surface area (Å²) in [6.07, 6.45) is 4.88. The molecule has 0 saturated heterocycles. The summed E-state index contributed by atoms with van der Waals surface area (Å²) in [7, 11) is 0. The monoisotopic (exact) mass is 325 g/mol. The van der Waals surface area contributed by atoms with Crippen molar-refractivity contribution in [2.24, 2.45) is 11.8 Å². The summed E-state index contributed by atoms with van der Waals surface area (Å²) in [5.74, 6) is 1.23. The number of nitrogens with one attached hydrogen (secondary N) is 1. The van der Waals surface area contributed by atoms with Crippen molar-refractivity contribution in [3.8, 4) is 5.75 Å². The van der Waals surface area contributed by atoms with Crippen LogP contribution in [0.4, 0.5) is 0 Å². The van der Waals surface area contributed by atoms with Crippen molar-refractivity contribution in [3.05, 3.63) is 28.2 Å². The molecule has 0 spiro atoms. The van der Waals surface area contributed by atoms with Gasteiger partial charge in [0.05, 0.1) is 5.56 Å². The van der Waals surface area contributed by atoms with E-state index in [0.717, 1.165) is 10.4 Å². The molecule has 1 saturated carbocycles. The van der Waals surface area contributed by atoms with Crippen LogP contribution in [0, 0.1) is 11.8 Å². The highest BCUT2D eigenvalue weighted by atomic mass is 79.9. The van der Waals surface area contributed by atoms with E-state index in [1.165, 1.54) is 31.7 Å². The first kappa shape index (κ1) is 14.4. The van der Waals surface area contributed by atoms with Crippen LogP contribution in [-0.4, -0.2) is 17.6 Å². The van der Waals surface area contributed by atoms with Gasteiger partial charge in [-0.05, 0) is 42.9 Å². The Morgan fingerprint density at radius 2 is 2.05 bits per heavy atom. The van der Waals surface area contributed by atoms with Gasteiger partial charge in [-0.15, -0.1) is 0 Å². The Balaban J connectivity index is 1.87. The van der Waals surface area contributed by atoms with Crippen LogP contribution < -0.4 is 5.32 Å². The molecule has 1 fully saturated rings. The third-order valence-electron chi connectivity index (χ3n) is 3.89. The molecule has 0 heterocycles. The highest BCUT2D eigenvalue weighted by Crippen LogP contribution is 2.28. The fourth-order valence-corrected chi connectivity index (χ4v) is 2.91. The van der Waals surface area contributed by atoms with Crippen molar-refractivity contribution < 1.29 is 9.90 Å². The Kier molecular flexibility index (Phi) is 4.86. The number of halogens is 1. The van der Waals surface area contributed by atoms with E-state index in [-0.39, 0.29) is 11.7 Å². The molecule has 1 aromatic carbocycles. The molecule has 0 bridgehead atoms. The lowest BCUT2D eigenvalue weighted by molar-refractivity contribution is 0.0939. The summed E-state index contributed by atoms with van der Waals surface area (Å²) < 4.78 is 0.766. The number of amides is 1. The lowest BCUT2D eigenvalue weighted by Gasteiger charge is -2.26. The Morgan fingerprint density at radius 3 is 2.68 bits per heavy atom. The van der Waals surface area contributed by atoms with Gasteiger partial charge < -0.3 is 10.4 Å². The first-order chi connectivity index (χ1) is 9.06. The second-order valence-electron chi connectivity index (χ2n) is 5.50. The zero-order valence-corrected chi connectivity index (χ0v) is 12.7. The predicted octanol–water partition coefficient (Wildman–Crippen LogP) is 3.71. The van der Waals surface area contributed by atoms with Crippen molar-refractivity contribution in [3.63, 3.8) is 0 Å². The fourth-order valence-electron chi connectivity index (χ4n) is 2.56. The summed E-state index contributed by atoms with van der Waals surface area (Å²) >= 11 is 3.26. The molecule has 0 atom stereocenters. The van der Waals surface area contributed by atoms with Crippen LogP contribution in [0.5, 0.6) is 5.75 Å². The molecular weight excluding hydrogens is 306 g/mol. The third-order valence-corrected chi connectivity index (χ3v) is 4.38. The molecule has 1 aliphatic rings. The number of rotatable bonds is 3. The second kappa shape index (κ2) is 6.42. The molecule has 0 aliphatic heterocycles. The minimum atomic E-state index is -0.191. The van der Waals surface area contributed by atoms with Crippen LogP contribution >= 0.6 is 15.9 Å². The summed E-state index contributed by atoms with van der Waals surface area (Å²) in [4.78, 5) is 12.0. The minimum Gasteiger partial charge on any atom is -0.507 e. The van der Waals surface area contributed by atoms with Crippen LogP contribution in [0.3, 0.4) is 0 Å². The fraction of sp³-hybridized carbons (Fsp3) is 0.533. The molecule has 19 heavy (non-hydrogen) atoms. The maximum Gasteiger partial charge on any atom is 0.255 e. The summed E-state index contributed by atoms with van der Waals surface area (Å²) in [6.45, 7) is 3.00. The lowest BCUT2D eigenvalue weighted by atomic mass is 9.83. The number of phenols is 1. The van der Waals surface area contributed by atoms with Gasteiger partial charge in [-0.2, -0.15) is 0 Å². The maximum atomic E-state index is 12.0. The molecular formula is C15H20BrNO2. The zero-order valence-electron chi connectivity index (χ0n) is 11.2. The zero-order chi connectivity index (χ0) is 13.8. The van der Waals surface area contributed by atoms with E-state index in [9.17, 15) is 9.90 Å². The standard InChI is InChI=1S/C15H20BrNO2/c1-10-2-4-11(5-3-10)9-17-15(19)13-7-6-12(16)8-14(13)18/h6-8,10-11,18H,2-5,9H2,1H3,(H,17,19). The number of phenolic OH excluding ortho intramolecular Hbond substituents is 1. The molecule has 104 valence electrons. The van der Waals surface area contributed by atoms with Crippen LogP contribution in [0.25, 0.3) is 0 Å². The van der Waals surface area contributed by atoms with Gasteiger partial charge in [-0.1, -0.05) is 35.7 Å². The molecule has 0 radical (unpaired) electrons. The highest BCUT2D eigenvalue weighted by molar-refractivity contribution is 9.10. The normalized spacial score (nSPS) is 23.1. The molecule has 2 rings (SSSR count). The number of aromatic hydroxyl groups is 1. The van der Waals surface area contributed by atoms with Crippen LogP contribution in [-0.2, 0) is 0 Å². The van der Waals surface area contributed by atoms with E-state index in [2.05, 4.69) is 28.2 Å². The Morgan fingerprint density at radius 1 is 1.37 bits per heavy atom. The average Bonchev–Trinajstić information content (AvgIpc) is 2.37. The number of carbonyl (C=O) groups excluding carboxylic acids is 1. The van der Waals surface area contributed by atoms with Gasteiger partial charge in [0.25, 0.3) is 5.91 Å². The van der Waals surface area contributed by atoms with Gasteiger partial charge in [-0.25, -0.2) is 0 Å². The first-order valence-electron chi connectivity index (χ1n) is 6.83. The lowest BCUT2D eigenvalue weighted by Crippen LogP contribution is -2.31. The number of hydrogen-bond acceptors (Lipinski definition) is 2. The van der Waals surface area contributed by atoms with E-state index in [0.29, 0.717) is 18.0 Å². The van der Waals surface area contributed by atoms with E-state index in [4.69, 9.17) is 0 Å². The van der Waals surface area contributed by atoms with Gasteiger partial charge in [0.1, 0.15) is 5.75 Å². The summed E-state index contributed by atoms with van der Waals surface area (Å²) in [6, 6.07) is 4.94. The largest absolute Gasteiger partial charge is 0.507 e. The van der Waals surface area contributed by atoms with Crippen molar-refractivity contribution in [1.82, 2.24) is 5.32 Å². The third kappa shape index (κ3) is 3.96. The smallest absolute Gasteiger partial charge is 0.255 e. The highest BCUT2D eigenvalue weighted by Gasteiger charge is 2.19. The number of carbonyl (C=O) groups is 1. The molecule has 0 aromatic heterocycles. The van der Waals surface area contributed by atoms with E-state index in [1.54, 1.807) is 12.1 Å².